The highest BCUT2D eigenvalue weighted by Crippen LogP contribution is 2.18. The van der Waals surface area contributed by atoms with Gasteiger partial charge in [0.25, 0.3) is 5.91 Å². The van der Waals surface area contributed by atoms with Gasteiger partial charge in [-0.3, -0.25) is 4.79 Å². The molecule has 2 atom stereocenters. The lowest BCUT2D eigenvalue weighted by molar-refractivity contribution is -0.150. The number of carbonyl (C=O) groups is 3. The molecule has 0 saturated carbocycles. The molecule has 6 heteroatoms. The van der Waals surface area contributed by atoms with Gasteiger partial charge >= 0.3 is 11.9 Å². The zero-order chi connectivity index (χ0) is 21.9. The first-order chi connectivity index (χ1) is 14.4. The minimum atomic E-state index is -0.905. The molecule has 2 rings (SSSR count). The van der Waals surface area contributed by atoms with Crippen LogP contribution in [-0.2, 0) is 19.1 Å². The van der Waals surface area contributed by atoms with E-state index in [-0.39, 0.29) is 11.8 Å². The third-order valence-electron chi connectivity index (χ3n) is 4.69. The molecule has 0 fully saturated rings. The van der Waals surface area contributed by atoms with Gasteiger partial charge in [0.2, 0.25) is 0 Å². The molecule has 1 N–H and O–H groups in total. The number of hydrogen-bond donors (Lipinski definition) is 1. The van der Waals surface area contributed by atoms with Crippen LogP contribution in [0.15, 0.2) is 60.7 Å². The normalized spacial score (nSPS) is 12.8. The predicted molar refractivity (Wildman–Crippen MR) is 115 cm³/mol. The second-order valence-electron chi connectivity index (χ2n) is 6.79. The molecule has 0 aliphatic heterocycles. The zero-order valence-corrected chi connectivity index (χ0v) is 17.5. The largest absolute Gasteiger partial charge is 0.465 e. The Balaban J connectivity index is 1.83. The van der Waals surface area contributed by atoms with Crippen LogP contribution in [0.1, 0.15) is 47.7 Å². The van der Waals surface area contributed by atoms with Crippen molar-refractivity contribution in [3.8, 4) is 0 Å². The van der Waals surface area contributed by atoms with Gasteiger partial charge < -0.3 is 14.8 Å². The summed E-state index contributed by atoms with van der Waals surface area (Å²) in [5.74, 6) is -1.19. The number of carbonyl (C=O) groups excluding carboxylic acids is 3. The fourth-order valence-electron chi connectivity index (χ4n) is 2.87. The van der Waals surface area contributed by atoms with Crippen LogP contribution in [0.3, 0.4) is 0 Å². The Morgan fingerprint density at radius 3 is 2.30 bits per heavy atom. The smallest absolute Gasteiger partial charge is 0.337 e. The number of ether oxygens (including phenoxy) is 2. The van der Waals surface area contributed by atoms with Crippen LogP contribution in [0.25, 0.3) is 6.08 Å². The Morgan fingerprint density at radius 1 is 1.03 bits per heavy atom. The second kappa shape index (κ2) is 11.6. The Kier molecular flexibility index (Phi) is 8.81. The molecule has 0 spiro atoms. The van der Waals surface area contributed by atoms with Crippen LogP contribution in [0.5, 0.6) is 0 Å². The van der Waals surface area contributed by atoms with E-state index in [4.69, 9.17) is 4.74 Å². The van der Waals surface area contributed by atoms with E-state index < -0.39 is 18.0 Å². The van der Waals surface area contributed by atoms with Crippen LogP contribution >= 0.6 is 0 Å². The lowest BCUT2D eigenvalue weighted by atomic mass is 9.96. The third-order valence-corrected chi connectivity index (χ3v) is 4.69. The summed E-state index contributed by atoms with van der Waals surface area (Å²) in [6, 6.07) is 16.5. The summed E-state index contributed by atoms with van der Waals surface area (Å²) in [6.45, 7) is 4.08. The molecule has 1 amide bonds. The molecule has 30 heavy (non-hydrogen) atoms. The third kappa shape index (κ3) is 6.88. The van der Waals surface area contributed by atoms with Gasteiger partial charge in [0, 0.05) is 18.5 Å². The molecule has 6 nitrogen and oxygen atoms in total. The molecular formula is C24H27NO5. The van der Waals surface area contributed by atoms with Gasteiger partial charge in [0.1, 0.15) is 0 Å². The topological polar surface area (TPSA) is 81.7 Å². The predicted octanol–water partition coefficient (Wildman–Crippen LogP) is 3.73. The first kappa shape index (κ1) is 22.9. The quantitative estimate of drug-likeness (QED) is 0.504. The van der Waals surface area contributed by atoms with Crippen molar-refractivity contribution in [2.24, 2.45) is 0 Å². The van der Waals surface area contributed by atoms with Crippen molar-refractivity contribution in [1.29, 1.82) is 0 Å². The van der Waals surface area contributed by atoms with E-state index in [1.165, 1.54) is 20.1 Å². The van der Waals surface area contributed by atoms with Crippen LogP contribution in [-0.4, -0.2) is 37.6 Å². The lowest BCUT2D eigenvalue weighted by Gasteiger charge is -2.18. The SMILES string of the molecule is CC[C@H](CNC(=O)[C@@H](C)OC(=O)/C=C/c1ccc(C(=O)OC)cc1)c1ccccc1. The van der Waals surface area contributed by atoms with Crippen LogP contribution < -0.4 is 5.32 Å². The first-order valence-electron chi connectivity index (χ1n) is 9.84. The maximum absolute atomic E-state index is 12.3. The molecule has 2 aromatic rings. The van der Waals surface area contributed by atoms with E-state index in [1.54, 1.807) is 30.3 Å². The van der Waals surface area contributed by atoms with Crippen molar-refractivity contribution in [2.75, 3.05) is 13.7 Å². The number of amides is 1. The van der Waals surface area contributed by atoms with Gasteiger partial charge in [-0.15, -0.1) is 0 Å². The molecule has 2 aromatic carbocycles. The molecule has 0 heterocycles. The summed E-state index contributed by atoms with van der Waals surface area (Å²) in [7, 11) is 1.31. The summed E-state index contributed by atoms with van der Waals surface area (Å²) >= 11 is 0. The van der Waals surface area contributed by atoms with Gasteiger partial charge in [0.15, 0.2) is 6.10 Å². The molecule has 158 valence electrons. The lowest BCUT2D eigenvalue weighted by Crippen LogP contribution is -2.37. The van der Waals surface area contributed by atoms with Crippen molar-refractivity contribution in [2.45, 2.75) is 32.3 Å². The fourth-order valence-corrected chi connectivity index (χ4v) is 2.87. The Hall–Kier alpha value is -3.41. The number of methoxy groups -OCH3 is 1. The number of benzene rings is 2. The zero-order valence-electron chi connectivity index (χ0n) is 17.5. The summed E-state index contributed by atoms with van der Waals surface area (Å²) in [5, 5.41) is 2.85. The minimum Gasteiger partial charge on any atom is -0.465 e. The maximum Gasteiger partial charge on any atom is 0.337 e. The number of esters is 2. The minimum absolute atomic E-state index is 0.200. The van der Waals surface area contributed by atoms with Crippen LogP contribution in [0.2, 0.25) is 0 Å². The number of rotatable bonds is 9. The van der Waals surface area contributed by atoms with E-state index in [2.05, 4.69) is 17.0 Å². The molecule has 0 aromatic heterocycles. The molecule has 0 aliphatic rings. The monoisotopic (exact) mass is 409 g/mol. The van der Waals surface area contributed by atoms with Crippen molar-refractivity contribution < 1.29 is 23.9 Å². The highest BCUT2D eigenvalue weighted by atomic mass is 16.5. The van der Waals surface area contributed by atoms with Crippen molar-refractivity contribution in [1.82, 2.24) is 5.32 Å². The average molecular weight is 409 g/mol. The van der Waals surface area contributed by atoms with Gasteiger partial charge in [-0.25, -0.2) is 9.59 Å². The summed E-state index contributed by atoms with van der Waals surface area (Å²) in [4.78, 5) is 35.7. The van der Waals surface area contributed by atoms with E-state index in [1.807, 2.05) is 30.3 Å². The van der Waals surface area contributed by atoms with Crippen LogP contribution in [0, 0.1) is 0 Å². The van der Waals surface area contributed by atoms with E-state index >= 15 is 0 Å². The highest BCUT2D eigenvalue weighted by Gasteiger charge is 2.18. The first-order valence-corrected chi connectivity index (χ1v) is 9.84. The molecule has 0 aliphatic carbocycles. The van der Waals surface area contributed by atoms with Crippen molar-refractivity contribution in [3.63, 3.8) is 0 Å². The number of hydrogen-bond acceptors (Lipinski definition) is 5. The standard InChI is InChI=1S/C24H27NO5/c1-4-19(20-8-6-5-7-9-20)16-25-23(27)17(2)30-22(26)15-12-18-10-13-21(14-11-18)24(28)29-3/h5-15,17,19H,4,16H2,1-3H3,(H,25,27)/b15-12+/t17-,19-/m1/s1. The van der Waals surface area contributed by atoms with Crippen molar-refractivity contribution in [3.05, 3.63) is 77.4 Å². The van der Waals surface area contributed by atoms with Crippen LogP contribution in [0.4, 0.5) is 0 Å². The van der Waals surface area contributed by atoms with E-state index in [0.717, 1.165) is 12.0 Å². The fraction of sp³-hybridized carbons (Fsp3) is 0.292. The highest BCUT2D eigenvalue weighted by molar-refractivity contribution is 5.91. The summed E-state index contributed by atoms with van der Waals surface area (Å²) < 4.78 is 9.81. The Morgan fingerprint density at radius 2 is 1.70 bits per heavy atom. The molecule has 0 saturated heterocycles. The van der Waals surface area contributed by atoms with Gasteiger partial charge in [0.05, 0.1) is 12.7 Å². The molecular weight excluding hydrogens is 382 g/mol. The van der Waals surface area contributed by atoms with Gasteiger partial charge in [-0.2, -0.15) is 0 Å². The summed E-state index contributed by atoms with van der Waals surface area (Å²) in [5.41, 5.74) is 2.29. The Bertz CT molecular complexity index is 874. The van der Waals surface area contributed by atoms with E-state index in [0.29, 0.717) is 17.7 Å². The number of nitrogens with one attached hydrogen (secondary N) is 1. The summed E-state index contributed by atoms with van der Waals surface area (Å²) in [6.07, 6.45) is 2.78. The van der Waals surface area contributed by atoms with Gasteiger partial charge in [-0.1, -0.05) is 49.4 Å². The molecule has 0 radical (unpaired) electrons. The van der Waals surface area contributed by atoms with E-state index in [9.17, 15) is 14.4 Å². The van der Waals surface area contributed by atoms with Crippen molar-refractivity contribution >= 4 is 23.9 Å². The van der Waals surface area contributed by atoms with Gasteiger partial charge in [-0.05, 0) is 42.7 Å². The molecule has 0 bridgehead atoms. The Labute approximate surface area is 176 Å². The molecule has 0 unspecified atom stereocenters. The maximum atomic E-state index is 12.3. The second-order valence-corrected chi connectivity index (χ2v) is 6.79. The average Bonchev–Trinajstić information content (AvgIpc) is 2.78.